The molecule has 0 unspecified atom stereocenters. The van der Waals surface area contributed by atoms with Gasteiger partial charge in [-0.05, 0) is 115 Å². The molecule has 1 aliphatic heterocycles. The summed E-state index contributed by atoms with van der Waals surface area (Å²) in [6.45, 7) is 0.426. The van der Waals surface area contributed by atoms with Crippen molar-refractivity contribution in [3.63, 3.8) is 0 Å². The van der Waals surface area contributed by atoms with Crippen LogP contribution in [0.25, 0.3) is 6.08 Å². The summed E-state index contributed by atoms with van der Waals surface area (Å²) in [5, 5.41) is 0. The van der Waals surface area contributed by atoms with E-state index in [1.807, 2.05) is 54.6 Å². The maximum absolute atomic E-state index is 12.4. The lowest BCUT2D eigenvalue weighted by atomic mass is 10.1. The highest BCUT2D eigenvalue weighted by atomic mass is 127. The Bertz CT molecular complexity index is 1260. The molecular weight excluding hydrogens is 700 g/mol. The normalized spacial score (nSPS) is 14.3. The van der Waals surface area contributed by atoms with Crippen LogP contribution in [0, 0.1) is 7.14 Å². The van der Waals surface area contributed by atoms with Gasteiger partial charge in [-0.15, -0.1) is 0 Å². The molecule has 0 saturated heterocycles. The van der Waals surface area contributed by atoms with Gasteiger partial charge in [0, 0.05) is 8.04 Å². The van der Waals surface area contributed by atoms with Gasteiger partial charge >= 0.3 is 5.97 Å². The van der Waals surface area contributed by atoms with Crippen molar-refractivity contribution in [1.29, 1.82) is 0 Å². The van der Waals surface area contributed by atoms with E-state index in [4.69, 9.17) is 14.2 Å². The number of nitrogens with zero attached hydrogens (tertiary/aromatic N) is 1. The summed E-state index contributed by atoms with van der Waals surface area (Å²) in [5.74, 6) is 1.01. The molecule has 3 aromatic rings. The van der Waals surface area contributed by atoms with E-state index in [9.17, 15) is 4.79 Å². The summed E-state index contributed by atoms with van der Waals surface area (Å²) in [7, 11) is 1.59. The van der Waals surface area contributed by atoms with E-state index >= 15 is 0 Å². The molecule has 1 aliphatic rings. The molecule has 8 heteroatoms. The Hall–Kier alpha value is -1.92. The molecule has 0 saturated carbocycles. The van der Waals surface area contributed by atoms with Crippen molar-refractivity contribution in [3.05, 3.63) is 94.7 Å². The summed E-state index contributed by atoms with van der Waals surface area (Å²) < 4.78 is 19.8. The third-order valence-electron chi connectivity index (χ3n) is 4.55. The number of halogens is 3. The Balaban J connectivity index is 1.60. The number of carbonyl (C=O) groups is 1. The lowest BCUT2D eigenvalue weighted by Gasteiger charge is -2.14. The molecule has 0 fully saturated rings. The van der Waals surface area contributed by atoms with Crippen LogP contribution in [0.1, 0.15) is 16.7 Å². The van der Waals surface area contributed by atoms with Crippen LogP contribution >= 0.6 is 61.1 Å². The average Bonchev–Trinajstić information content (AvgIpc) is 3.13. The third kappa shape index (κ3) is 5.34. The van der Waals surface area contributed by atoms with Gasteiger partial charge in [-0.1, -0.05) is 24.3 Å². The monoisotopic (exact) mass is 715 g/mol. The lowest BCUT2D eigenvalue weighted by molar-refractivity contribution is -0.129. The summed E-state index contributed by atoms with van der Waals surface area (Å²) in [6, 6.07) is 19.3. The van der Waals surface area contributed by atoms with Crippen molar-refractivity contribution in [2.45, 2.75) is 6.61 Å². The Morgan fingerprint density at radius 1 is 1.09 bits per heavy atom. The topological polar surface area (TPSA) is 57.1 Å². The predicted octanol–water partition coefficient (Wildman–Crippen LogP) is 6.59. The van der Waals surface area contributed by atoms with E-state index < -0.39 is 5.97 Å². The number of ether oxygens (including phenoxy) is 3. The first-order chi connectivity index (χ1) is 15.4. The lowest BCUT2D eigenvalue weighted by Crippen LogP contribution is -2.05. The minimum atomic E-state index is -0.497. The molecule has 0 N–H and O–H groups in total. The molecule has 32 heavy (non-hydrogen) atoms. The standard InChI is InChI=1S/C24H16BrI2NO4/c1-30-21-12-15(10-19(27)22(21)31-13-14-5-4-6-16(26)9-14)11-20-24(29)32-23(28-20)17-7-2-3-8-18(17)25/h2-12H,13H2,1H3/b20-11-. The van der Waals surface area contributed by atoms with Crippen molar-refractivity contribution in [2.75, 3.05) is 7.11 Å². The zero-order chi connectivity index (χ0) is 22.7. The maximum Gasteiger partial charge on any atom is 0.363 e. The number of aliphatic imine (C=N–C) groups is 1. The molecule has 0 aliphatic carbocycles. The highest BCUT2D eigenvalue weighted by molar-refractivity contribution is 14.1. The quantitative estimate of drug-likeness (QED) is 0.164. The Morgan fingerprint density at radius 2 is 1.91 bits per heavy atom. The molecule has 3 aromatic carbocycles. The van der Waals surface area contributed by atoms with Crippen molar-refractivity contribution < 1.29 is 19.0 Å². The minimum Gasteiger partial charge on any atom is -0.493 e. The van der Waals surface area contributed by atoms with Crippen LogP contribution in [0.2, 0.25) is 0 Å². The van der Waals surface area contributed by atoms with Crippen molar-refractivity contribution >= 4 is 79.1 Å². The van der Waals surface area contributed by atoms with Gasteiger partial charge in [0.1, 0.15) is 6.61 Å². The van der Waals surface area contributed by atoms with Gasteiger partial charge < -0.3 is 14.2 Å². The average molecular weight is 716 g/mol. The van der Waals surface area contributed by atoms with Crippen LogP contribution in [0.4, 0.5) is 0 Å². The second-order valence-corrected chi connectivity index (χ2v) is 10.0. The van der Waals surface area contributed by atoms with E-state index in [2.05, 4.69) is 72.2 Å². The van der Waals surface area contributed by atoms with Gasteiger partial charge in [-0.25, -0.2) is 9.79 Å². The first-order valence-electron chi connectivity index (χ1n) is 9.47. The molecule has 0 radical (unpaired) electrons. The van der Waals surface area contributed by atoms with E-state index in [-0.39, 0.29) is 11.6 Å². The van der Waals surface area contributed by atoms with Crippen LogP contribution in [-0.2, 0) is 16.1 Å². The molecule has 4 rings (SSSR count). The minimum absolute atomic E-state index is 0.223. The van der Waals surface area contributed by atoms with Crippen molar-refractivity contribution in [2.24, 2.45) is 4.99 Å². The number of hydrogen-bond acceptors (Lipinski definition) is 5. The molecule has 0 aromatic heterocycles. The molecule has 5 nitrogen and oxygen atoms in total. The summed E-state index contributed by atoms with van der Waals surface area (Å²) in [5.41, 5.74) is 2.78. The van der Waals surface area contributed by atoms with E-state index in [1.165, 1.54) is 0 Å². The number of esters is 1. The predicted molar refractivity (Wildman–Crippen MR) is 144 cm³/mol. The number of rotatable bonds is 6. The fourth-order valence-electron chi connectivity index (χ4n) is 3.06. The Morgan fingerprint density at radius 3 is 2.66 bits per heavy atom. The number of cyclic esters (lactones) is 1. The van der Waals surface area contributed by atoms with Crippen LogP contribution in [-0.4, -0.2) is 19.0 Å². The third-order valence-corrected chi connectivity index (χ3v) is 6.72. The summed E-state index contributed by atoms with van der Waals surface area (Å²) in [6.07, 6.45) is 1.68. The van der Waals surface area contributed by atoms with Gasteiger partial charge in [0.15, 0.2) is 17.2 Å². The molecule has 1 heterocycles. The number of carbonyl (C=O) groups excluding carboxylic acids is 1. The van der Waals surface area contributed by atoms with Crippen LogP contribution in [0.5, 0.6) is 11.5 Å². The Kier molecular flexibility index (Phi) is 7.51. The van der Waals surface area contributed by atoms with Crippen LogP contribution in [0.15, 0.2) is 75.8 Å². The molecule has 0 atom stereocenters. The summed E-state index contributed by atoms with van der Waals surface area (Å²) in [4.78, 5) is 16.8. The summed E-state index contributed by atoms with van der Waals surface area (Å²) >= 11 is 7.94. The van der Waals surface area contributed by atoms with E-state index in [0.29, 0.717) is 18.1 Å². The van der Waals surface area contributed by atoms with Crippen molar-refractivity contribution in [1.82, 2.24) is 0 Å². The van der Waals surface area contributed by atoms with Crippen molar-refractivity contribution in [3.8, 4) is 11.5 Å². The van der Waals surface area contributed by atoms with Crippen LogP contribution < -0.4 is 9.47 Å². The van der Waals surface area contributed by atoms with Gasteiger partial charge in [-0.3, -0.25) is 0 Å². The Labute approximate surface area is 221 Å². The molecule has 0 spiro atoms. The molecular formula is C24H16BrI2NO4. The zero-order valence-corrected chi connectivity index (χ0v) is 22.7. The number of hydrogen-bond donors (Lipinski definition) is 0. The number of benzene rings is 3. The molecule has 162 valence electrons. The number of methoxy groups -OCH3 is 1. The smallest absolute Gasteiger partial charge is 0.363 e. The second kappa shape index (κ2) is 10.3. The van der Waals surface area contributed by atoms with Gasteiger partial charge in [-0.2, -0.15) is 0 Å². The van der Waals surface area contributed by atoms with E-state index in [1.54, 1.807) is 13.2 Å². The molecule has 0 amide bonds. The fourth-order valence-corrected chi connectivity index (χ4v) is 4.91. The van der Waals surface area contributed by atoms with Gasteiger partial charge in [0.05, 0.1) is 16.2 Å². The zero-order valence-electron chi connectivity index (χ0n) is 16.8. The van der Waals surface area contributed by atoms with Gasteiger partial charge in [0.2, 0.25) is 5.90 Å². The highest BCUT2D eigenvalue weighted by Gasteiger charge is 2.25. The van der Waals surface area contributed by atoms with Crippen LogP contribution in [0.3, 0.4) is 0 Å². The fraction of sp³-hybridized carbons (Fsp3) is 0.0833. The highest BCUT2D eigenvalue weighted by Crippen LogP contribution is 2.36. The second-order valence-electron chi connectivity index (χ2n) is 6.77. The molecule has 0 bridgehead atoms. The maximum atomic E-state index is 12.4. The largest absolute Gasteiger partial charge is 0.493 e. The van der Waals surface area contributed by atoms with E-state index in [0.717, 1.165) is 28.3 Å². The SMILES string of the molecule is COc1cc(/C=C2\N=C(c3ccccc3Br)OC2=O)cc(I)c1OCc1cccc(I)c1. The first kappa shape index (κ1) is 23.2. The first-order valence-corrected chi connectivity index (χ1v) is 12.4. The van der Waals surface area contributed by atoms with Gasteiger partial charge in [0.25, 0.3) is 0 Å².